The monoisotopic (exact) mass is 322 g/mol. The number of hydrogen-bond donors (Lipinski definition) is 1. The van der Waals surface area contributed by atoms with Crippen molar-refractivity contribution in [3.05, 3.63) is 53.1 Å². The van der Waals surface area contributed by atoms with Gasteiger partial charge >= 0.3 is 0 Å². The van der Waals surface area contributed by atoms with Crippen LogP contribution in [0.5, 0.6) is 0 Å². The van der Waals surface area contributed by atoms with Gasteiger partial charge in [0.25, 0.3) is 5.56 Å². The molecule has 1 aromatic carbocycles. The lowest BCUT2D eigenvalue weighted by Crippen LogP contribution is -2.33. The van der Waals surface area contributed by atoms with Crippen LogP contribution in [0.3, 0.4) is 0 Å². The molecule has 122 valence electrons. The first-order valence-corrected chi connectivity index (χ1v) is 8.13. The molecule has 3 aromatic rings. The van der Waals surface area contributed by atoms with E-state index in [2.05, 4.69) is 25.2 Å². The minimum atomic E-state index is -0.148. The molecule has 7 heteroatoms. The number of para-hydroxylation sites is 1. The minimum absolute atomic E-state index is 0.148. The smallest absolute Gasteiger partial charge is 0.273 e. The first-order valence-electron chi connectivity index (χ1n) is 8.13. The van der Waals surface area contributed by atoms with Crippen LogP contribution in [-0.2, 0) is 0 Å². The Morgan fingerprint density at radius 3 is 2.54 bits per heavy atom. The molecule has 2 aromatic heterocycles. The predicted octanol–water partition coefficient (Wildman–Crippen LogP) is 2.01. The standard InChI is InChI=1S/C17H18N6O/c24-15-11-14(22-9-5-2-6-10-22)16(17-18-12-19-20-17)21-23(15)13-7-3-1-4-8-13/h1,3-4,7-8,11-12H,2,5-6,9-10H2,(H,18,19,20). The lowest BCUT2D eigenvalue weighted by molar-refractivity contribution is 0.576. The van der Waals surface area contributed by atoms with Gasteiger partial charge in [-0.05, 0) is 31.4 Å². The summed E-state index contributed by atoms with van der Waals surface area (Å²) in [4.78, 5) is 19.1. The zero-order chi connectivity index (χ0) is 16.4. The van der Waals surface area contributed by atoms with E-state index >= 15 is 0 Å². The van der Waals surface area contributed by atoms with Crippen molar-refractivity contribution in [2.45, 2.75) is 19.3 Å². The topological polar surface area (TPSA) is 79.7 Å². The third-order valence-corrected chi connectivity index (χ3v) is 4.25. The van der Waals surface area contributed by atoms with Gasteiger partial charge in [-0.15, -0.1) is 0 Å². The fraction of sp³-hybridized carbons (Fsp3) is 0.294. The van der Waals surface area contributed by atoms with Gasteiger partial charge in [-0.1, -0.05) is 18.2 Å². The molecule has 7 nitrogen and oxygen atoms in total. The van der Waals surface area contributed by atoms with Crippen molar-refractivity contribution in [3.8, 4) is 17.2 Å². The Hall–Kier alpha value is -2.96. The molecule has 0 unspecified atom stereocenters. The Balaban J connectivity index is 1.88. The minimum Gasteiger partial charge on any atom is -0.369 e. The van der Waals surface area contributed by atoms with E-state index in [4.69, 9.17) is 0 Å². The lowest BCUT2D eigenvalue weighted by Gasteiger charge is -2.29. The van der Waals surface area contributed by atoms with E-state index in [1.165, 1.54) is 17.4 Å². The first-order chi connectivity index (χ1) is 11.8. The van der Waals surface area contributed by atoms with Gasteiger partial charge in [-0.2, -0.15) is 14.9 Å². The number of nitrogens with zero attached hydrogens (tertiary/aromatic N) is 5. The van der Waals surface area contributed by atoms with Gasteiger partial charge in [0, 0.05) is 19.2 Å². The van der Waals surface area contributed by atoms with Crippen LogP contribution in [0.15, 0.2) is 47.5 Å². The van der Waals surface area contributed by atoms with Crippen LogP contribution in [0, 0.1) is 0 Å². The molecule has 0 atom stereocenters. The highest BCUT2D eigenvalue weighted by molar-refractivity contribution is 5.70. The maximum atomic E-state index is 12.6. The summed E-state index contributed by atoms with van der Waals surface area (Å²) in [5, 5.41) is 11.4. The third-order valence-electron chi connectivity index (χ3n) is 4.25. The van der Waals surface area contributed by atoms with E-state index in [9.17, 15) is 4.79 Å². The van der Waals surface area contributed by atoms with E-state index < -0.39 is 0 Å². The van der Waals surface area contributed by atoms with Gasteiger partial charge in [0.2, 0.25) is 0 Å². The number of nitrogens with one attached hydrogen (secondary N) is 1. The molecule has 0 aliphatic carbocycles. The van der Waals surface area contributed by atoms with E-state index in [1.54, 1.807) is 6.07 Å². The second-order valence-electron chi connectivity index (χ2n) is 5.85. The van der Waals surface area contributed by atoms with Gasteiger partial charge < -0.3 is 4.90 Å². The number of piperidine rings is 1. The molecular formula is C17H18N6O. The first kappa shape index (κ1) is 14.6. The summed E-state index contributed by atoms with van der Waals surface area (Å²) in [6.45, 7) is 1.86. The maximum Gasteiger partial charge on any atom is 0.273 e. The van der Waals surface area contributed by atoms with Gasteiger partial charge in [-0.3, -0.25) is 9.89 Å². The number of rotatable bonds is 3. The molecule has 1 N–H and O–H groups in total. The summed E-state index contributed by atoms with van der Waals surface area (Å²) in [6.07, 6.45) is 4.92. The normalized spacial score (nSPS) is 14.8. The third kappa shape index (κ3) is 2.68. The van der Waals surface area contributed by atoms with Gasteiger partial charge in [0.15, 0.2) is 11.5 Å². The molecule has 0 bridgehead atoms. The van der Waals surface area contributed by atoms with Gasteiger partial charge in [-0.25, -0.2) is 4.98 Å². The molecule has 1 saturated heterocycles. The van der Waals surface area contributed by atoms with Crippen LogP contribution in [0.4, 0.5) is 5.69 Å². The Morgan fingerprint density at radius 2 is 1.83 bits per heavy atom. The van der Waals surface area contributed by atoms with Gasteiger partial charge in [0.05, 0.1) is 11.4 Å². The molecule has 1 fully saturated rings. The molecular weight excluding hydrogens is 304 g/mol. The number of aromatic amines is 1. The molecule has 0 amide bonds. The summed E-state index contributed by atoms with van der Waals surface area (Å²) in [6, 6.07) is 11.1. The highest BCUT2D eigenvalue weighted by atomic mass is 16.1. The average Bonchev–Trinajstić information content (AvgIpc) is 3.17. The van der Waals surface area contributed by atoms with Crippen LogP contribution >= 0.6 is 0 Å². The van der Waals surface area contributed by atoms with Crippen LogP contribution < -0.4 is 10.5 Å². The molecule has 24 heavy (non-hydrogen) atoms. The zero-order valence-corrected chi connectivity index (χ0v) is 13.2. The van der Waals surface area contributed by atoms with Crippen molar-refractivity contribution in [2.75, 3.05) is 18.0 Å². The highest BCUT2D eigenvalue weighted by Crippen LogP contribution is 2.27. The van der Waals surface area contributed by atoms with E-state index in [-0.39, 0.29) is 5.56 Å². The van der Waals surface area contributed by atoms with Crippen molar-refractivity contribution in [3.63, 3.8) is 0 Å². The van der Waals surface area contributed by atoms with E-state index in [0.717, 1.165) is 37.3 Å². The molecule has 1 aliphatic rings. The van der Waals surface area contributed by atoms with E-state index in [1.807, 2.05) is 30.3 Å². The fourth-order valence-corrected chi connectivity index (χ4v) is 3.07. The zero-order valence-electron chi connectivity index (χ0n) is 13.2. The Kier molecular flexibility index (Phi) is 3.82. The number of H-pyrrole nitrogens is 1. The largest absolute Gasteiger partial charge is 0.369 e. The second-order valence-corrected chi connectivity index (χ2v) is 5.85. The summed E-state index contributed by atoms with van der Waals surface area (Å²) >= 11 is 0. The lowest BCUT2D eigenvalue weighted by atomic mass is 10.1. The Labute approximate surface area is 139 Å². The maximum absolute atomic E-state index is 12.6. The molecule has 4 rings (SSSR count). The SMILES string of the molecule is O=c1cc(N2CCCCC2)c(-c2ncn[nH]2)nn1-c1ccccc1. The van der Waals surface area contributed by atoms with Crippen molar-refractivity contribution in [1.82, 2.24) is 25.0 Å². The quantitative estimate of drug-likeness (QED) is 0.798. The van der Waals surface area contributed by atoms with Crippen LogP contribution in [-0.4, -0.2) is 38.1 Å². The summed E-state index contributed by atoms with van der Waals surface area (Å²) in [5.74, 6) is 0.570. The van der Waals surface area contributed by atoms with Crippen molar-refractivity contribution < 1.29 is 0 Å². The number of hydrogen-bond acceptors (Lipinski definition) is 5. The van der Waals surface area contributed by atoms with Crippen LogP contribution in [0.1, 0.15) is 19.3 Å². The predicted molar refractivity (Wildman–Crippen MR) is 91.3 cm³/mol. The number of aromatic nitrogens is 5. The molecule has 0 spiro atoms. The molecule has 3 heterocycles. The average molecular weight is 322 g/mol. The highest BCUT2D eigenvalue weighted by Gasteiger charge is 2.20. The Bertz CT molecular complexity index is 866. The fourth-order valence-electron chi connectivity index (χ4n) is 3.07. The second kappa shape index (κ2) is 6.27. The summed E-state index contributed by atoms with van der Waals surface area (Å²) in [5.41, 5.74) is 2.06. The Morgan fingerprint density at radius 1 is 1.04 bits per heavy atom. The van der Waals surface area contributed by atoms with Gasteiger partial charge in [0.1, 0.15) is 6.33 Å². The van der Waals surface area contributed by atoms with E-state index in [0.29, 0.717) is 11.5 Å². The summed E-state index contributed by atoms with van der Waals surface area (Å²) < 4.78 is 1.41. The van der Waals surface area contributed by atoms with Crippen LogP contribution in [0.2, 0.25) is 0 Å². The number of anilines is 1. The number of benzene rings is 1. The van der Waals surface area contributed by atoms with Crippen LogP contribution in [0.25, 0.3) is 17.2 Å². The molecule has 0 radical (unpaired) electrons. The van der Waals surface area contributed by atoms with Crippen molar-refractivity contribution in [2.24, 2.45) is 0 Å². The van der Waals surface area contributed by atoms with Crippen molar-refractivity contribution in [1.29, 1.82) is 0 Å². The molecule has 1 aliphatic heterocycles. The summed E-state index contributed by atoms with van der Waals surface area (Å²) in [7, 11) is 0. The van der Waals surface area contributed by atoms with Crippen molar-refractivity contribution >= 4 is 5.69 Å². The molecule has 0 saturated carbocycles.